The molecule has 0 bridgehead atoms. The first-order valence-corrected chi connectivity index (χ1v) is 6.33. The Bertz CT molecular complexity index is 512. The van der Waals surface area contributed by atoms with Crippen LogP contribution in [0.1, 0.15) is 18.9 Å². The number of hydrogen-bond acceptors (Lipinski definition) is 2. The Morgan fingerprint density at radius 2 is 2.11 bits per heavy atom. The van der Waals surface area contributed by atoms with Crippen LogP contribution in [0, 0.1) is 5.82 Å². The van der Waals surface area contributed by atoms with E-state index in [4.69, 9.17) is 0 Å². The number of imidazole rings is 1. The van der Waals surface area contributed by atoms with E-state index >= 15 is 0 Å². The number of piperidine rings is 1. The normalized spacial score (nSPS) is 19.9. The lowest BCUT2D eigenvalue weighted by Crippen LogP contribution is -2.31. The van der Waals surface area contributed by atoms with Crippen molar-refractivity contribution in [3.05, 3.63) is 42.6 Å². The fourth-order valence-electron chi connectivity index (χ4n) is 2.51. The van der Waals surface area contributed by atoms with Crippen LogP contribution >= 0.6 is 0 Å². The second kappa shape index (κ2) is 4.90. The van der Waals surface area contributed by atoms with Gasteiger partial charge < -0.3 is 9.88 Å². The highest BCUT2D eigenvalue weighted by atomic mass is 19.1. The minimum Gasteiger partial charge on any atom is -0.326 e. The van der Waals surface area contributed by atoms with Gasteiger partial charge in [0.05, 0.1) is 18.2 Å². The molecule has 0 aliphatic carbocycles. The van der Waals surface area contributed by atoms with Crippen molar-refractivity contribution < 1.29 is 4.39 Å². The molecule has 1 N–H and O–H groups in total. The van der Waals surface area contributed by atoms with Crippen LogP contribution in [0.4, 0.5) is 4.39 Å². The van der Waals surface area contributed by atoms with Crippen molar-refractivity contribution in [1.82, 2.24) is 14.9 Å². The van der Waals surface area contributed by atoms with Crippen LogP contribution in [0.2, 0.25) is 0 Å². The number of benzene rings is 1. The fourth-order valence-corrected chi connectivity index (χ4v) is 2.51. The van der Waals surface area contributed by atoms with E-state index in [0.29, 0.717) is 6.04 Å². The zero-order chi connectivity index (χ0) is 12.4. The topological polar surface area (TPSA) is 29.9 Å². The second-order valence-electron chi connectivity index (χ2n) is 4.69. The monoisotopic (exact) mass is 245 g/mol. The van der Waals surface area contributed by atoms with Crippen molar-refractivity contribution in [1.29, 1.82) is 0 Å². The first-order valence-electron chi connectivity index (χ1n) is 6.33. The molecule has 4 heteroatoms. The van der Waals surface area contributed by atoms with Gasteiger partial charge in [0.2, 0.25) is 0 Å². The van der Waals surface area contributed by atoms with E-state index in [1.165, 1.54) is 18.6 Å². The molecule has 1 aliphatic rings. The largest absolute Gasteiger partial charge is 0.326 e. The summed E-state index contributed by atoms with van der Waals surface area (Å²) < 4.78 is 15.1. The van der Waals surface area contributed by atoms with Crippen LogP contribution in [0.5, 0.6) is 0 Å². The number of hydrogen-bond donors (Lipinski definition) is 1. The van der Waals surface area contributed by atoms with E-state index in [1.54, 1.807) is 12.1 Å². The molecular weight excluding hydrogens is 229 g/mol. The molecule has 2 heterocycles. The molecule has 2 aromatic rings. The third kappa shape index (κ3) is 2.16. The summed E-state index contributed by atoms with van der Waals surface area (Å²) in [4.78, 5) is 4.24. The summed E-state index contributed by atoms with van der Waals surface area (Å²) >= 11 is 0. The lowest BCUT2D eigenvalue weighted by Gasteiger charge is -2.25. The minimum atomic E-state index is -0.204. The van der Waals surface area contributed by atoms with Crippen molar-refractivity contribution in [2.45, 2.75) is 18.9 Å². The predicted molar refractivity (Wildman–Crippen MR) is 68.8 cm³/mol. The van der Waals surface area contributed by atoms with Crippen LogP contribution in [0.25, 0.3) is 11.3 Å². The molecule has 3 rings (SSSR count). The van der Waals surface area contributed by atoms with Crippen molar-refractivity contribution in [2.75, 3.05) is 13.1 Å². The van der Waals surface area contributed by atoms with E-state index in [0.717, 1.165) is 30.8 Å². The van der Waals surface area contributed by atoms with Gasteiger partial charge in [0.15, 0.2) is 0 Å². The molecule has 1 aliphatic heterocycles. The molecule has 94 valence electrons. The number of rotatable bonds is 2. The summed E-state index contributed by atoms with van der Waals surface area (Å²) in [5.41, 5.74) is 2.07. The lowest BCUT2D eigenvalue weighted by molar-refractivity contribution is 0.373. The molecule has 1 fully saturated rings. The predicted octanol–water partition coefficient (Wildman–Crippen LogP) is 2.61. The molecule has 1 atom stereocenters. The number of halogens is 1. The zero-order valence-electron chi connectivity index (χ0n) is 10.1. The first kappa shape index (κ1) is 11.4. The van der Waals surface area contributed by atoms with Gasteiger partial charge in [-0.05, 0) is 49.2 Å². The van der Waals surface area contributed by atoms with Crippen molar-refractivity contribution in [3.8, 4) is 11.3 Å². The van der Waals surface area contributed by atoms with Crippen molar-refractivity contribution in [2.24, 2.45) is 0 Å². The first-order chi connectivity index (χ1) is 8.84. The summed E-state index contributed by atoms with van der Waals surface area (Å²) in [6.07, 6.45) is 6.07. The average Bonchev–Trinajstić information content (AvgIpc) is 2.90. The van der Waals surface area contributed by atoms with Gasteiger partial charge in [-0.25, -0.2) is 9.37 Å². The molecule has 0 radical (unpaired) electrons. The Labute approximate surface area is 106 Å². The highest BCUT2D eigenvalue weighted by molar-refractivity contribution is 5.58. The molecule has 0 spiro atoms. The highest BCUT2D eigenvalue weighted by Crippen LogP contribution is 2.25. The van der Waals surface area contributed by atoms with E-state index in [2.05, 4.69) is 14.9 Å². The van der Waals surface area contributed by atoms with E-state index in [9.17, 15) is 4.39 Å². The average molecular weight is 245 g/mol. The van der Waals surface area contributed by atoms with Gasteiger partial charge in [0.25, 0.3) is 0 Å². The van der Waals surface area contributed by atoms with Crippen LogP contribution in [0.15, 0.2) is 36.8 Å². The Hall–Kier alpha value is -1.68. The maximum Gasteiger partial charge on any atom is 0.123 e. The van der Waals surface area contributed by atoms with Gasteiger partial charge >= 0.3 is 0 Å². The quantitative estimate of drug-likeness (QED) is 0.881. The molecule has 1 unspecified atom stereocenters. The molecule has 1 saturated heterocycles. The highest BCUT2D eigenvalue weighted by Gasteiger charge is 2.17. The van der Waals surface area contributed by atoms with Crippen LogP contribution in [0.3, 0.4) is 0 Å². The fraction of sp³-hybridized carbons (Fsp3) is 0.357. The molecular formula is C14H16FN3. The molecule has 3 nitrogen and oxygen atoms in total. The maximum absolute atomic E-state index is 13.0. The smallest absolute Gasteiger partial charge is 0.123 e. The summed E-state index contributed by atoms with van der Waals surface area (Å²) in [7, 11) is 0. The summed E-state index contributed by atoms with van der Waals surface area (Å²) in [5.74, 6) is -0.204. The number of nitrogens with one attached hydrogen (secondary N) is 1. The molecule has 0 amide bonds. The second-order valence-corrected chi connectivity index (χ2v) is 4.69. The van der Waals surface area contributed by atoms with Gasteiger partial charge in [-0.2, -0.15) is 0 Å². The summed E-state index contributed by atoms with van der Waals surface area (Å²) in [6, 6.07) is 7.04. The SMILES string of the molecule is Fc1ccc(-c2cncn2C2CCCNC2)cc1. The Balaban J connectivity index is 1.93. The molecule has 1 aromatic carbocycles. The van der Waals surface area contributed by atoms with Gasteiger partial charge in [-0.15, -0.1) is 0 Å². The van der Waals surface area contributed by atoms with Gasteiger partial charge in [0.1, 0.15) is 5.82 Å². The Morgan fingerprint density at radius 1 is 1.28 bits per heavy atom. The lowest BCUT2D eigenvalue weighted by atomic mass is 10.1. The minimum absolute atomic E-state index is 0.204. The van der Waals surface area contributed by atoms with Crippen LogP contribution < -0.4 is 5.32 Å². The Kier molecular flexibility index (Phi) is 3.11. The third-order valence-corrected chi connectivity index (χ3v) is 3.47. The third-order valence-electron chi connectivity index (χ3n) is 3.47. The van der Waals surface area contributed by atoms with E-state index in [-0.39, 0.29) is 5.82 Å². The summed E-state index contributed by atoms with van der Waals surface area (Å²) in [5, 5.41) is 3.40. The van der Waals surface area contributed by atoms with Crippen molar-refractivity contribution in [3.63, 3.8) is 0 Å². The number of nitrogens with zero attached hydrogens (tertiary/aromatic N) is 2. The zero-order valence-corrected chi connectivity index (χ0v) is 10.1. The van der Waals surface area contributed by atoms with Crippen LogP contribution in [-0.4, -0.2) is 22.6 Å². The van der Waals surface area contributed by atoms with E-state index in [1.807, 2.05) is 12.5 Å². The van der Waals surface area contributed by atoms with Crippen molar-refractivity contribution >= 4 is 0 Å². The van der Waals surface area contributed by atoms with Gasteiger partial charge in [-0.1, -0.05) is 0 Å². The summed E-state index contributed by atoms with van der Waals surface area (Å²) in [6.45, 7) is 2.07. The van der Waals surface area contributed by atoms with Gasteiger partial charge in [0, 0.05) is 12.6 Å². The molecule has 1 aromatic heterocycles. The standard InChI is InChI=1S/C14H16FN3/c15-12-5-3-11(4-6-12)14-9-17-10-18(14)13-2-1-7-16-8-13/h3-6,9-10,13,16H,1-2,7-8H2. The molecule has 0 saturated carbocycles. The van der Waals surface area contributed by atoms with Crippen LogP contribution in [-0.2, 0) is 0 Å². The van der Waals surface area contributed by atoms with Gasteiger partial charge in [-0.3, -0.25) is 0 Å². The number of aromatic nitrogens is 2. The maximum atomic E-state index is 13.0. The molecule has 18 heavy (non-hydrogen) atoms. The Morgan fingerprint density at radius 3 is 2.83 bits per heavy atom. The van der Waals surface area contributed by atoms with E-state index < -0.39 is 0 Å².